The molecule has 0 fully saturated rings. The predicted octanol–water partition coefficient (Wildman–Crippen LogP) is 2.53. The Balaban J connectivity index is 2.55. The van der Waals surface area contributed by atoms with E-state index in [1.54, 1.807) is 0 Å². The molecule has 17 heavy (non-hydrogen) atoms. The summed E-state index contributed by atoms with van der Waals surface area (Å²) in [6.07, 6.45) is 1.26. The molecular weight excluding hydrogens is 212 g/mol. The third-order valence-corrected chi connectivity index (χ3v) is 3.56. The monoisotopic (exact) mass is 230 g/mol. The number of nitrogens with zero attached hydrogens (tertiary/aromatic N) is 1. The van der Waals surface area contributed by atoms with Crippen molar-refractivity contribution in [2.45, 2.75) is 40.5 Å². The van der Waals surface area contributed by atoms with Crippen LogP contribution >= 0.6 is 0 Å². The van der Waals surface area contributed by atoms with Crippen LogP contribution in [0.2, 0.25) is 0 Å². The van der Waals surface area contributed by atoms with Crippen molar-refractivity contribution in [3.8, 4) is 0 Å². The van der Waals surface area contributed by atoms with Crippen LogP contribution < -0.4 is 5.43 Å². The van der Waals surface area contributed by atoms with Crippen molar-refractivity contribution in [1.29, 1.82) is 0 Å². The molecule has 0 saturated carbocycles. The second-order valence-corrected chi connectivity index (χ2v) is 4.73. The molecule has 0 unspecified atom stereocenters. The molecule has 0 aromatic heterocycles. The molecule has 0 bridgehead atoms. The number of hydrogen-bond acceptors (Lipinski definition) is 2. The molecule has 1 N–H and O–H groups in total. The Kier molecular flexibility index (Phi) is 3.01. The van der Waals surface area contributed by atoms with Crippen molar-refractivity contribution in [1.82, 2.24) is 5.43 Å². The van der Waals surface area contributed by atoms with E-state index in [-0.39, 0.29) is 5.91 Å². The first-order valence-electron chi connectivity index (χ1n) is 5.94. The van der Waals surface area contributed by atoms with E-state index in [4.69, 9.17) is 0 Å². The maximum atomic E-state index is 11.1. The van der Waals surface area contributed by atoms with Gasteiger partial charge in [-0.1, -0.05) is 6.07 Å². The number of amides is 1. The van der Waals surface area contributed by atoms with Crippen LogP contribution in [0.15, 0.2) is 11.2 Å². The van der Waals surface area contributed by atoms with E-state index in [0.717, 1.165) is 12.1 Å². The van der Waals surface area contributed by atoms with Crippen molar-refractivity contribution in [3.63, 3.8) is 0 Å². The van der Waals surface area contributed by atoms with Gasteiger partial charge in [0.15, 0.2) is 0 Å². The van der Waals surface area contributed by atoms with Crippen LogP contribution in [-0.2, 0) is 4.79 Å². The first kappa shape index (κ1) is 11.8. The van der Waals surface area contributed by atoms with Gasteiger partial charge in [0.05, 0.1) is 5.71 Å². The largest absolute Gasteiger partial charge is 0.273 e. The molecule has 1 aliphatic heterocycles. The van der Waals surface area contributed by atoms with E-state index in [1.807, 2.05) is 0 Å². The quantitative estimate of drug-likeness (QED) is 0.791. The zero-order chi connectivity index (χ0) is 12.6. The summed E-state index contributed by atoms with van der Waals surface area (Å²) in [6, 6.07) is 2.20. The van der Waals surface area contributed by atoms with E-state index >= 15 is 0 Å². The number of rotatable bonds is 1. The van der Waals surface area contributed by atoms with Crippen LogP contribution in [0.5, 0.6) is 0 Å². The molecule has 0 radical (unpaired) electrons. The van der Waals surface area contributed by atoms with E-state index < -0.39 is 0 Å². The summed E-state index contributed by atoms with van der Waals surface area (Å²) < 4.78 is 0. The number of nitrogens with one attached hydrogen (secondary N) is 1. The van der Waals surface area contributed by atoms with Gasteiger partial charge in [-0.3, -0.25) is 4.79 Å². The minimum Gasteiger partial charge on any atom is -0.273 e. The minimum absolute atomic E-state index is 0.00781. The Hall–Kier alpha value is -1.64. The fourth-order valence-corrected chi connectivity index (χ4v) is 2.30. The van der Waals surface area contributed by atoms with Gasteiger partial charge in [0, 0.05) is 18.4 Å². The first-order valence-corrected chi connectivity index (χ1v) is 5.94. The highest BCUT2D eigenvalue weighted by atomic mass is 16.2. The zero-order valence-electron chi connectivity index (χ0n) is 10.8. The Labute approximate surface area is 102 Å². The van der Waals surface area contributed by atoms with E-state index in [2.05, 4.69) is 44.3 Å². The number of hydrazone groups is 1. The summed E-state index contributed by atoms with van der Waals surface area (Å²) in [7, 11) is 0. The Morgan fingerprint density at radius 2 is 1.65 bits per heavy atom. The normalized spacial score (nSPS) is 15.5. The number of aryl methyl sites for hydroxylation is 2. The third kappa shape index (κ3) is 2.09. The smallest absolute Gasteiger partial charge is 0.240 e. The molecule has 1 amide bonds. The zero-order valence-corrected chi connectivity index (χ0v) is 10.8. The molecule has 0 atom stereocenters. The molecule has 2 rings (SSSR count). The number of carbonyl (C=O) groups is 1. The topological polar surface area (TPSA) is 41.5 Å². The van der Waals surface area contributed by atoms with Crippen molar-refractivity contribution in [3.05, 3.63) is 33.9 Å². The van der Waals surface area contributed by atoms with Gasteiger partial charge in [-0.25, -0.2) is 5.43 Å². The SMILES string of the molecule is Cc1cc(C)c(C)c(C2=NNC(=O)CC2)c1C. The summed E-state index contributed by atoms with van der Waals surface area (Å²) >= 11 is 0. The van der Waals surface area contributed by atoms with Crippen LogP contribution in [-0.4, -0.2) is 11.6 Å². The van der Waals surface area contributed by atoms with Gasteiger partial charge in [0.2, 0.25) is 5.91 Å². The second-order valence-electron chi connectivity index (χ2n) is 4.73. The molecule has 1 aliphatic rings. The molecule has 3 heteroatoms. The van der Waals surface area contributed by atoms with Gasteiger partial charge in [-0.2, -0.15) is 5.10 Å². The average Bonchev–Trinajstić information content (AvgIpc) is 2.29. The van der Waals surface area contributed by atoms with E-state index in [1.165, 1.54) is 27.8 Å². The van der Waals surface area contributed by atoms with Crippen LogP contribution in [0.4, 0.5) is 0 Å². The van der Waals surface area contributed by atoms with Crippen LogP contribution in [0.3, 0.4) is 0 Å². The lowest BCUT2D eigenvalue weighted by molar-refractivity contribution is -0.121. The van der Waals surface area contributed by atoms with Crippen molar-refractivity contribution >= 4 is 11.6 Å². The molecule has 90 valence electrons. The van der Waals surface area contributed by atoms with Gasteiger partial charge >= 0.3 is 0 Å². The highest BCUT2D eigenvalue weighted by Crippen LogP contribution is 2.24. The summed E-state index contributed by atoms with van der Waals surface area (Å²) in [5.41, 5.74) is 9.88. The lowest BCUT2D eigenvalue weighted by atomic mass is 9.89. The highest BCUT2D eigenvalue weighted by molar-refractivity contribution is 6.06. The third-order valence-electron chi connectivity index (χ3n) is 3.56. The molecule has 0 saturated heterocycles. The summed E-state index contributed by atoms with van der Waals surface area (Å²) in [5.74, 6) is 0.00781. The van der Waals surface area contributed by atoms with E-state index in [0.29, 0.717) is 6.42 Å². The summed E-state index contributed by atoms with van der Waals surface area (Å²) in [6.45, 7) is 8.48. The predicted molar refractivity (Wildman–Crippen MR) is 69.3 cm³/mol. The van der Waals surface area contributed by atoms with Crippen molar-refractivity contribution < 1.29 is 4.79 Å². The standard InChI is InChI=1S/C14H18N2O/c1-8-7-9(2)11(4)14(10(8)3)12-5-6-13(17)16-15-12/h7H,5-6H2,1-4H3,(H,16,17). The van der Waals surface area contributed by atoms with Crippen molar-refractivity contribution in [2.75, 3.05) is 0 Å². The van der Waals surface area contributed by atoms with Gasteiger partial charge in [0.1, 0.15) is 0 Å². The molecule has 1 heterocycles. The lowest BCUT2D eigenvalue weighted by Gasteiger charge is -2.19. The van der Waals surface area contributed by atoms with Gasteiger partial charge in [-0.15, -0.1) is 0 Å². The van der Waals surface area contributed by atoms with E-state index in [9.17, 15) is 4.79 Å². The fraction of sp³-hybridized carbons (Fsp3) is 0.429. The molecule has 0 spiro atoms. The maximum Gasteiger partial charge on any atom is 0.240 e. The summed E-state index contributed by atoms with van der Waals surface area (Å²) in [5, 5.41) is 4.20. The van der Waals surface area contributed by atoms with Gasteiger partial charge in [-0.05, 0) is 49.9 Å². The fourth-order valence-electron chi connectivity index (χ4n) is 2.30. The van der Waals surface area contributed by atoms with Crippen LogP contribution in [0.25, 0.3) is 0 Å². The molecular formula is C14H18N2O. The highest BCUT2D eigenvalue weighted by Gasteiger charge is 2.18. The summed E-state index contributed by atoms with van der Waals surface area (Å²) in [4.78, 5) is 11.1. The van der Waals surface area contributed by atoms with Crippen LogP contribution in [0, 0.1) is 27.7 Å². The number of carbonyl (C=O) groups excluding carboxylic acids is 1. The van der Waals surface area contributed by atoms with Crippen molar-refractivity contribution in [2.24, 2.45) is 5.10 Å². The second kappa shape index (κ2) is 4.32. The Morgan fingerprint density at radius 1 is 1.06 bits per heavy atom. The average molecular weight is 230 g/mol. The lowest BCUT2D eigenvalue weighted by Crippen LogP contribution is -2.27. The maximum absolute atomic E-state index is 11.1. The molecule has 3 nitrogen and oxygen atoms in total. The number of benzene rings is 1. The Bertz CT molecular complexity index is 489. The molecule has 0 aliphatic carbocycles. The first-order chi connectivity index (χ1) is 8.00. The number of hydrogen-bond donors (Lipinski definition) is 1. The van der Waals surface area contributed by atoms with Crippen LogP contribution in [0.1, 0.15) is 40.7 Å². The van der Waals surface area contributed by atoms with Gasteiger partial charge < -0.3 is 0 Å². The molecule has 1 aromatic carbocycles. The Morgan fingerprint density at radius 3 is 2.12 bits per heavy atom. The van der Waals surface area contributed by atoms with Gasteiger partial charge in [0.25, 0.3) is 0 Å². The molecule has 1 aromatic rings. The minimum atomic E-state index is 0.00781.